The molecule has 0 saturated heterocycles. The fourth-order valence-corrected chi connectivity index (χ4v) is 1.53. The smallest absolute Gasteiger partial charge is 0.0633 e. The van der Waals surface area contributed by atoms with Crippen molar-refractivity contribution in [3.05, 3.63) is 27.5 Å². The molecule has 66 valence electrons. The Morgan fingerprint density at radius 3 is 3.00 bits per heavy atom. The molecule has 0 saturated carbocycles. The van der Waals surface area contributed by atoms with E-state index in [1.807, 2.05) is 5.48 Å². The van der Waals surface area contributed by atoms with E-state index in [9.17, 15) is 0 Å². The molecule has 0 unspecified atom stereocenters. The van der Waals surface area contributed by atoms with Crippen LogP contribution in [0.1, 0.15) is 5.69 Å². The lowest BCUT2D eigenvalue weighted by Crippen LogP contribution is -2.12. The quantitative estimate of drug-likeness (QED) is 0.808. The number of halogens is 2. The predicted octanol–water partition coefficient (Wildman–Crippen LogP) is 2.02. The third-order valence-corrected chi connectivity index (χ3v) is 2.12. The zero-order chi connectivity index (χ0) is 8.97. The Kier molecular flexibility index (Phi) is 3.94. The Morgan fingerprint density at radius 1 is 1.67 bits per heavy atom. The Balaban J connectivity index is 2.72. The highest BCUT2D eigenvalue weighted by Crippen LogP contribution is 2.18. The average molecular weight is 252 g/mol. The van der Waals surface area contributed by atoms with Crippen LogP contribution in [-0.2, 0) is 6.42 Å². The lowest BCUT2D eigenvalue weighted by atomic mass is 10.3. The highest BCUT2D eigenvalue weighted by Gasteiger charge is 2.01. The Bertz CT molecular complexity index is 270. The molecule has 0 bridgehead atoms. The van der Waals surface area contributed by atoms with Gasteiger partial charge in [-0.25, -0.2) is 5.48 Å². The van der Waals surface area contributed by atoms with Gasteiger partial charge in [-0.1, -0.05) is 11.6 Å². The second-order valence-corrected chi connectivity index (χ2v) is 3.56. The minimum Gasteiger partial charge on any atom is -0.317 e. The second-order valence-electron chi connectivity index (χ2n) is 2.24. The van der Waals surface area contributed by atoms with Crippen molar-refractivity contribution in [1.82, 2.24) is 10.5 Å². The van der Waals surface area contributed by atoms with Gasteiger partial charge >= 0.3 is 0 Å². The first kappa shape index (κ1) is 9.92. The van der Waals surface area contributed by atoms with E-state index in [0.29, 0.717) is 18.0 Å². The summed E-state index contributed by atoms with van der Waals surface area (Å²) in [6.45, 7) is 0.453. The molecule has 2 N–H and O–H groups in total. The Hall–Kier alpha value is -0.160. The fourth-order valence-electron chi connectivity index (χ4n) is 0.801. The molecule has 1 rings (SSSR count). The van der Waals surface area contributed by atoms with Crippen LogP contribution in [0.2, 0.25) is 5.02 Å². The van der Waals surface area contributed by atoms with E-state index < -0.39 is 0 Å². The van der Waals surface area contributed by atoms with Gasteiger partial charge in [0.1, 0.15) is 0 Å². The highest BCUT2D eigenvalue weighted by atomic mass is 79.9. The van der Waals surface area contributed by atoms with E-state index in [0.717, 1.165) is 10.2 Å². The van der Waals surface area contributed by atoms with Crippen LogP contribution in [0, 0.1) is 0 Å². The largest absolute Gasteiger partial charge is 0.317 e. The topological polar surface area (TPSA) is 45.1 Å². The number of nitrogens with zero attached hydrogens (tertiary/aromatic N) is 1. The maximum absolute atomic E-state index is 8.34. The van der Waals surface area contributed by atoms with Crippen LogP contribution in [-0.4, -0.2) is 16.7 Å². The molecule has 0 radical (unpaired) electrons. The van der Waals surface area contributed by atoms with Gasteiger partial charge < -0.3 is 5.21 Å². The van der Waals surface area contributed by atoms with Gasteiger partial charge in [-0.05, 0) is 22.0 Å². The van der Waals surface area contributed by atoms with Crippen LogP contribution in [0.5, 0.6) is 0 Å². The number of hydrogen-bond acceptors (Lipinski definition) is 3. The molecule has 0 amide bonds. The van der Waals surface area contributed by atoms with E-state index in [1.54, 1.807) is 12.3 Å². The third-order valence-electron chi connectivity index (χ3n) is 1.36. The summed E-state index contributed by atoms with van der Waals surface area (Å²) in [5, 5.41) is 8.95. The third kappa shape index (κ3) is 2.71. The number of rotatable bonds is 3. The van der Waals surface area contributed by atoms with Crippen molar-refractivity contribution in [3.63, 3.8) is 0 Å². The second kappa shape index (κ2) is 4.77. The molecule has 0 fully saturated rings. The summed E-state index contributed by atoms with van der Waals surface area (Å²) in [7, 11) is 0. The van der Waals surface area contributed by atoms with Crippen LogP contribution < -0.4 is 5.48 Å². The monoisotopic (exact) mass is 250 g/mol. The van der Waals surface area contributed by atoms with Gasteiger partial charge in [0, 0.05) is 23.6 Å². The molecule has 0 atom stereocenters. The average Bonchev–Trinajstić information content (AvgIpc) is 2.03. The Labute approximate surface area is 83.8 Å². The zero-order valence-electron chi connectivity index (χ0n) is 6.22. The van der Waals surface area contributed by atoms with Gasteiger partial charge in [-0.2, -0.15) is 0 Å². The van der Waals surface area contributed by atoms with Crippen LogP contribution in [0.4, 0.5) is 0 Å². The molecule has 0 aliphatic rings. The van der Waals surface area contributed by atoms with Crippen molar-refractivity contribution in [2.24, 2.45) is 0 Å². The fraction of sp³-hybridized carbons (Fsp3) is 0.286. The van der Waals surface area contributed by atoms with E-state index in [-0.39, 0.29) is 0 Å². The van der Waals surface area contributed by atoms with Crippen LogP contribution >= 0.6 is 27.5 Å². The van der Waals surface area contributed by atoms with Gasteiger partial charge in [-0.3, -0.25) is 4.98 Å². The van der Waals surface area contributed by atoms with Gasteiger partial charge in [0.2, 0.25) is 0 Å². The molecule has 12 heavy (non-hydrogen) atoms. The lowest BCUT2D eigenvalue weighted by Gasteiger charge is -2.01. The summed E-state index contributed by atoms with van der Waals surface area (Å²) in [5.41, 5.74) is 2.83. The van der Waals surface area contributed by atoms with Crippen molar-refractivity contribution in [1.29, 1.82) is 0 Å². The zero-order valence-corrected chi connectivity index (χ0v) is 8.56. The Morgan fingerprint density at radius 2 is 2.42 bits per heavy atom. The molecule has 1 heterocycles. The minimum absolute atomic E-state index is 0.453. The molecule has 0 aliphatic heterocycles. The molecule has 0 spiro atoms. The minimum atomic E-state index is 0.453. The van der Waals surface area contributed by atoms with Gasteiger partial charge in [0.25, 0.3) is 0 Å². The molecule has 5 heteroatoms. The highest BCUT2D eigenvalue weighted by molar-refractivity contribution is 9.10. The van der Waals surface area contributed by atoms with Gasteiger partial charge in [0.15, 0.2) is 0 Å². The van der Waals surface area contributed by atoms with E-state index in [4.69, 9.17) is 16.8 Å². The first-order chi connectivity index (χ1) is 5.74. The standard InChI is InChI=1S/C7H8BrClN2O/c8-5-3-6(9)7(10-4-5)1-2-11-12/h3-4,11-12H,1-2H2. The number of pyridine rings is 1. The first-order valence-electron chi connectivity index (χ1n) is 3.41. The van der Waals surface area contributed by atoms with Crippen molar-refractivity contribution in [2.75, 3.05) is 6.54 Å². The van der Waals surface area contributed by atoms with E-state index in [2.05, 4.69) is 20.9 Å². The molecular formula is C7H8BrClN2O. The van der Waals surface area contributed by atoms with Gasteiger partial charge in [-0.15, -0.1) is 0 Å². The summed E-state index contributed by atoms with van der Waals surface area (Å²) < 4.78 is 0.855. The van der Waals surface area contributed by atoms with E-state index >= 15 is 0 Å². The first-order valence-corrected chi connectivity index (χ1v) is 4.58. The molecule has 0 aliphatic carbocycles. The van der Waals surface area contributed by atoms with Gasteiger partial charge in [0.05, 0.1) is 10.7 Å². The summed E-state index contributed by atoms with van der Waals surface area (Å²) in [6.07, 6.45) is 2.29. The number of nitrogens with one attached hydrogen (secondary N) is 1. The van der Waals surface area contributed by atoms with Crippen LogP contribution in [0.3, 0.4) is 0 Å². The van der Waals surface area contributed by atoms with Crippen molar-refractivity contribution in [2.45, 2.75) is 6.42 Å². The summed E-state index contributed by atoms with van der Waals surface area (Å²) in [6, 6.07) is 1.78. The molecule has 1 aromatic heterocycles. The molecule has 0 aromatic carbocycles. The van der Waals surface area contributed by atoms with Crippen molar-refractivity contribution in [3.8, 4) is 0 Å². The van der Waals surface area contributed by atoms with Crippen molar-refractivity contribution < 1.29 is 5.21 Å². The molecule has 3 nitrogen and oxygen atoms in total. The normalized spacial score (nSPS) is 10.2. The molecule has 1 aromatic rings. The summed E-state index contributed by atoms with van der Waals surface area (Å²) >= 11 is 9.12. The lowest BCUT2D eigenvalue weighted by molar-refractivity contribution is 0.168. The maximum Gasteiger partial charge on any atom is 0.0633 e. The summed E-state index contributed by atoms with van der Waals surface area (Å²) in [4.78, 5) is 4.09. The number of aromatic nitrogens is 1. The predicted molar refractivity (Wildman–Crippen MR) is 50.4 cm³/mol. The summed E-state index contributed by atoms with van der Waals surface area (Å²) in [5.74, 6) is 0. The van der Waals surface area contributed by atoms with E-state index in [1.165, 1.54) is 0 Å². The number of hydroxylamine groups is 1. The SMILES string of the molecule is ONCCc1ncc(Br)cc1Cl. The maximum atomic E-state index is 8.34. The van der Waals surface area contributed by atoms with Crippen LogP contribution in [0.15, 0.2) is 16.7 Å². The number of hydrogen-bond donors (Lipinski definition) is 2. The van der Waals surface area contributed by atoms with Crippen molar-refractivity contribution >= 4 is 27.5 Å². The molecular weight excluding hydrogens is 243 g/mol. The van der Waals surface area contributed by atoms with Crippen LogP contribution in [0.25, 0.3) is 0 Å².